The Morgan fingerprint density at radius 2 is 2.17 bits per heavy atom. The molecule has 1 heterocycles. The Hall–Kier alpha value is -1.17. The van der Waals surface area contributed by atoms with Gasteiger partial charge in [-0.15, -0.1) is 16.8 Å². The highest BCUT2D eigenvalue weighted by atomic mass is 35.5. The minimum atomic E-state index is 0.522. The average molecular weight is 370 g/mol. The van der Waals surface area contributed by atoms with E-state index in [-0.39, 0.29) is 0 Å². The molecule has 1 aliphatic carbocycles. The Labute approximate surface area is 149 Å². The Balaban J connectivity index is 1.55. The summed E-state index contributed by atoms with van der Waals surface area (Å²) in [6.07, 6.45) is 4.29. The van der Waals surface area contributed by atoms with Crippen molar-refractivity contribution in [3.05, 3.63) is 46.7 Å². The molecule has 1 fully saturated rings. The van der Waals surface area contributed by atoms with Gasteiger partial charge in [0, 0.05) is 23.2 Å². The van der Waals surface area contributed by atoms with Crippen molar-refractivity contribution in [2.45, 2.75) is 30.5 Å². The maximum atomic E-state index is 6.08. The minimum absolute atomic E-state index is 0.522. The van der Waals surface area contributed by atoms with Gasteiger partial charge in [-0.05, 0) is 31.0 Å². The normalized spacial score (nSPS) is 14.0. The molecule has 23 heavy (non-hydrogen) atoms. The summed E-state index contributed by atoms with van der Waals surface area (Å²) in [6.45, 7) is 5.09. The summed E-state index contributed by atoms with van der Waals surface area (Å²) in [5.41, 5.74) is 0. The van der Waals surface area contributed by atoms with Gasteiger partial charge in [-0.2, -0.15) is 0 Å². The second kappa shape index (κ2) is 7.60. The average Bonchev–Trinajstić information content (AvgIpc) is 3.29. The number of aromatic nitrogens is 3. The predicted molar refractivity (Wildman–Crippen MR) is 94.9 cm³/mol. The van der Waals surface area contributed by atoms with Crippen molar-refractivity contribution >= 4 is 35.0 Å². The molecule has 1 aliphatic rings. The summed E-state index contributed by atoms with van der Waals surface area (Å²) < 4.78 is 7.83. The number of thioether (sulfide) groups is 1. The summed E-state index contributed by atoms with van der Waals surface area (Å²) in [5.74, 6) is 3.05. The molecule has 1 aromatic heterocycles. The lowest BCUT2D eigenvalue weighted by molar-refractivity contribution is 0.344. The Kier molecular flexibility index (Phi) is 5.51. The van der Waals surface area contributed by atoms with Crippen LogP contribution < -0.4 is 4.74 Å². The van der Waals surface area contributed by atoms with E-state index >= 15 is 0 Å². The van der Waals surface area contributed by atoms with Crippen LogP contribution in [0.1, 0.15) is 24.6 Å². The van der Waals surface area contributed by atoms with E-state index < -0.39 is 0 Å². The quantitative estimate of drug-likeness (QED) is 0.380. The smallest absolute Gasteiger partial charge is 0.191 e. The van der Waals surface area contributed by atoms with E-state index in [1.165, 1.54) is 12.8 Å². The fourth-order valence-electron chi connectivity index (χ4n) is 2.23. The van der Waals surface area contributed by atoms with Gasteiger partial charge in [0.15, 0.2) is 5.16 Å². The number of hydrogen-bond acceptors (Lipinski definition) is 4. The third-order valence-corrected chi connectivity index (χ3v) is 4.93. The van der Waals surface area contributed by atoms with Crippen molar-refractivity contribution in [1.29, 1.82) is 0 Å². The summed E-state index contributed by atoms with van der Waals surface area (Å²) in [7, 11) is 0. The van der Waals surface area contributed by atoms with Crippen LogP contribution in [0.5, 0.6) is 5.75 Å². The van der Waals surface area contributed by atoms with Crippen LogP contribution in [0.3, 0.4) is 0 Å². The molecule has 0 atom stereocenters. The van der Waals surface area contributed by atoms with Crippen LogP contribution in [-0.2, 0) is 6.54 Å². The molecule has 0 radical (unpaired) electrons. The van der Waals surface area contributed by atoms with Crippen molar-refractivity contribution in [3.63, 3.8) is 0 Å². The molecule has 1 saturated carbocycles. The van der Waals surface area contributed by atoms with Gasteiger partial charge < -0.3 is 9.30 Å². The van der Waals surface area contributed by atoms with Crippen molar-refractivity contribution in [2.75, 3.05) is 12.4 Å². The molecule has 2 aromatic rings. The van der Waals surface area contributed by atoms with Gasteiger partial charge in [-0.3, -0.25) is 0 Å². The predicted octanol–water partition coefficient (Wildman–Crippen LogP) is 4.82. The Bertz CT molecular complexity index is 701. The van der Waals surface area contributed by atoms with E-state index in [1.54, 1.807) is 30.0 Å². The SMILES string of the molecule is C=CCn1c(SCCOc2ccc(Cl)cc2Cl)nnc1C1CC1. The fraction of sp³-hybridized carbons (Fsp3) is 0.375. The number of nitrogens with zero attached hydrogens (tertiary/aromatic N) is 3. The van der Waals surface area contributed by atoms with E-state index in [1.807, 2.05) is 6.08 Å². The highest BCUT2D eigenvalue weighted by molar-refractivity contribution is 7.99. The second-order valence-corrected chi connectivity index (χ2v) is 7.19. The molecular weight excluding hydrogens is 353 g/mol. The number of halogens is 2. The van der Waals surface area contributed by atoms with E-state index in [4.69, 9.17) is 27.9 Å². The highest BCUT2D eigenvalue weighted by Crippen LogP contribution is 2.40. The first kappa shape index (κ1) is 16.7. The van der Waals surface area contributed by atoms with Gasteiger partial charge >= 0.3 is 0 Å². The zero-order valence-electron chi connectivity index (χ0n) is 12.5. The van der Waals surface area contributed by atoms with Gasteiger partial charge in [0.1, 0.15) is 11.6 Å². The maximum Gasteiger partial charge on any atom is 0.191 e. The van der Waals surface area contributed by atoms with Gasteiger partial charge in [0.25, 0.3) is 0 Å². The van der Waals surface area contributed by atoms with Gasteiger partial charge in [-0.25, -0.2) is 0 Å². The van der Waals surface area contributed by atoms with Crippen LogP contribution in [0.15, 0.2) is 36.0 Å². The third-order valence-electron chi connectivity index (χ3n) is 3.47. The molecule has 0 unspecified atom stereocenters. The topological polar surface area (TPSA) is 39.9 Å². The molecule has 3 rings (SSSR count). The van der Waals surface area contributed by atoms with Gasteiger partial charge in [-0.1, -0.05) is 41.0 Å². The van der Waals surface area contributed by atoms with Crippen LogP contribution in [0.4, 0.5) is 0 Å². The molecule has 4 nitrogen and oxygen atoms in total. The Morgan fingerprint density at radius 3 is 2.87 bits per heavy atom. The Morgan fingerprint density at radius 1 is 1.35 bits per heavy atom. The highest BCUT2D eigenvalue weighted by Gasteiger charge is 2.30. The first-order chi connectivity index (χ1) is 11.2. The van der Waals surface area contributed by atoms with E-state index in [0.29, 0.717) is 28.3 Å². The molecule has 122 valence electrons. The lowest BCUT2D eigenvalue weighted by Gasteiger charge is -2.09. The largest absolute Gasteiger partial charge is 0.491 e. The maximum absolute atomic E-state index is 6.08. The molecule has 0 N–H and O–H groups in total. The zero-order valence-corrected chi connectivity index (χ0v) is 14.9. The molecule has 1 aromatic carbocycles. The number of ether oxygens (including phenoxy) is 1. The van der Waals surface area contributed by atoms with Crippen molar-refractivity contribution in [3.8, 4) is 5.75 Å². The van der Waals surface area contributed by atoms with Crippen LogP contribution in [-0.4, -0.2) is 27.1 Å². The lowest BCUT2D eigenvalue weighted by atomic mass is 10.3. The monoisotopic (exact) mass is 369 g/mol. The first-order valence-corrected chi connectivity index (χ1v) is 9.18. The molecule has 0 amide bonds. The third kappa shape index (κ3) is 4.22. The minimum Gasteiger partial charge on any atom is -0.491 e. The number of benzene rings is 1. The van der Waals surface area contributed by atoms with Crippen molar-refractivity contribution in [1.82, 2.24) is 14.8 Å². The summed E-state index contributed by atoms with van der Waals surface area (Å²) in [5, 5.41) is 10.7. The molecule has 0 spiro atoms. The molecular formula is C16H17Cl2N3OS. The molecule has 0 bridgehead atoms. The van der Waals surface area contributed by atoms with E-state index in [0.717, 1.165) is 23.3 Å². The van der Waals surface area contributed by atoms with Crippen LogP contribution in [0.25, 0.3) is 0 Å². The van der Waals surface area contributed by atoms with Crippen molar-refractivity contribution < 1.29 is 4.74 Å². The van der Waals surface area contributed by atoms with Crippen LogP contribution in [0, 0.1) is 0 Å². The first-order valence-electron chi connectivity index (χ1n) is 7.43. The fourth-order valence-corrected chi connectivity index (χ4v) is 3.46. The molecule has 0 aliphatic heterocycles. The van der Waals surface area contributed by atoms with Gasteiger partial charge in [0.2, 0.25) is 0 Å². The molecule has 0 saturated heterocycles. The summed E-state index contributed by atoms with van der Waals surface area (Å²) >= 11 is 13.6. The van der Waals surface area contributed by atoms with Crippen LogP contribution >= 0.6 is 35.0 Å². The van der Waals surface area contributed by atoms with Crippen molar-refractivity contribution in [2.24, 2.45) is 0 Å². The van der Waals surface area contributed by atoms with Gasteiger partial charge in [0.05, 0.1) is 11.6 Å². The standard InChI is InChI=1S/C16H17Cl2N3OS/c1-2-7-21-15(11-3-4-11)19-20-16(21)23-9-8-22-14-6-5-12(17)10-13(14)18/h2,5-6,10-11H,1,3-4,7-9H2. The summed E-state index contributed by atoms with van der Waals surface area (Å²) in [6, 6.07) is 5.22. The van der Waals surface area contributed by atoms with E-state index in [9.17, 15) is 0 Å². The van der Waals surface area contributed by atoms with E-state index in [2.05, 4.69) is 21.3 Å². The summed E-state index contributed by atoms with van der Waals surface area (Å²) in [4.78, 5) is 0. The number of hydrogen-bond donors (Lipinski definition) is 0. The zero-order chi connectivity index (χ0) is 16.2. The molecule has 7 heteroatoms. The van der Waals surface area contributed by atoms with Crippen LogP contribution in [0.2, 0.25) is 10.0 Å². The lowest BCUT2D eigenvalue weighted by Crippen LogP contribution is -2.05. The number of allylic oxidation sites excluding steroid dienone is 1. The second-order valence-electron chi connectivity index (χ2n) is 5.29. The number of rotatable bonds is 8.